The molecule has 0 saturated carbocycles. The lowest BCUT2D eigenvalue weighted by Gasteiger charge is -2.20. The summed E-state index contributed by atoms with van der Waals surface area (Å²) in [5.74, 6) is -1.77. The summed E-state index contributed by atoms with van der Waals surface area (Å²) in [6, 6.07) is 9.55. The Bertz CT molecular complexity index is 768. The molecular weight excluding hydrogens is 326 g/mol. The second kappa shape index (κ2) is 7.63. The van der Waals surface area contributed by atoms with Crippen molar-refractivity contribution >= 4 is 29.1 Å². The van der Waals surface area contributed by atoms with E-state index in [-0.39, 0.29) is 18.2 Å². The third-order valence-electron chi connectivity index (χ3n) is 3.29. The fourth-order valence-corrected chi connectivity index (χ4v) is 2.07. The number of hydrogen-bond donors (Lipinski definition) is 4. The van der Waals surface area contributed by atoms with Crippen molar-refractivity contribution in [1.82, 2.24) is 5.32 Å². The first-order valence-corrected chi connectivity index (χ1v) is 7.51. The first-order chi connectivity index (χ1) is 11.8. The molecule has 4 N–H and O–H groups in total. The Morgan fingerprint density at radius 3 is 2.36 bits per heavy atom. The van der Waals surface area contributed by atoms with Gasteiger partial charge in [0.15, 0.2) is 0 Å². The number of anilines is 2. The molecule has 1 aromatic heterocycles. The second-order valence-electron chi connectivity index (χ2n) is 5.65. The Morgan fingerprint density at radius 1 is 1.08 bits per heavy atom. The van der Waals surface area contributed by atoms with Gasteiger partial charge in [0.1, 0.15) is 11.4 Å². The maximum absolute atomic E-state index is 11.9. The van der Waals surface area contributed by atoms with E-state index in [1.807, 2.05) is 0 Å². The third-order valence-corrected chi connectivity index (χ3v) is 3.29. The molecule has 1 heterocycles. The molecule has 0 bridgehead atoms. The lowest BCUT2D eigenvalue weighted by molar-refractivity contribution is -0.136. The highest BCUT2D eigenvalue weighted by Gasteiger charge is 2.28. The number of benzene rings is 1. The van der Waals surface area contributed by atoms with Crippen molar-refractivity contribution in [3.63, 3.8) is 0 Å². The van der Waals surface area contributed by atoms with E-state index in [0.717, 1.165) is 0 Å². The van der Waals surface area contributed by atoms with E-state index in [1.54, 1.807) is 30.3 Å². The van der Waals surface area contributed by atoms with Crippen molar-refractivity contribution in [2.24, 2.45) is 0 Å². The number of hydrogen-bond acceptors (Lipinski definition) is 5. The lowest BCUT2D eigenvalue weighted by Crippen LogP contribution is -2.43. The molecule has 0 aliphatic rings. The lowest BCUT2D eigenvalue weighted by atomic mass is 10.0. The fourth-order valence-electron chi connectivity index (χ4n) is 2.07. The normalized spacial score (nSPS) is 12.8. The van der Waals surface area contributed by atoms with Crippen LogP contribution in [0, 0.1) is 0 Å². The molecule has 8 heteroatoms. The van der Waals surface area contributed by atoms with Gasteiger partial charge in [-0.3, -0.25) is 14.4 Å². The van der Waals surface area contributed by atoms with Crippen LogP contribution in [0.15, 0.2) is 47.1 Å². The van der Waals surface area contributed by atoms with Crippen LogP contribution in [0.25, 0.3) is 0 Å². The van der Waals surface area contributed by atoms with E-state index in [9.17, 15) is 19.5 Å². The molecule has 2 rings (SSSR count). The highest BCUT2D eigenvalue weighted by Crippen LogP contribution is 2.19. The molecule has 2 aromatic rings. The van der Waals surface area contributed by atoms with E-state index < -0.39 is 17.4 Å². The maximum Gasteiger partial charge on any atom is 0.313 e. The Kier molecular flexibility index (Phi) is 5.56. The molecule has 1 aromatic carbocycles. The fraction of sp³-hybridized carbons (Fsp3) is 0.235. The zero-order valence-electron chi connectivity index (χ0n) is 13.8. The summed E-state index contributed by atoms with van der Waals surface area (Å²) in [4.78, 5) is 34.9. The summed E-state index contributed by atoms with van der Waals surface area (Å²) in [5, 5.41) is 17.6. The molecule has 8 nitrogen and oxygen atoms in total. The summed E-state index contributed by atoms with van der Waals surface area (Å²) >= 11 is 0. The summed E-state index contributed by atoms with van der Waals surface area (Å²) in [7, 11) is 0. The van der Waals surface area contributed by atoms with Gasteiger partial charge in [-0.25, -0.2) is 0 Å². The van der Waals surface area contributed by atoms with Crippen LogP contribution in [0.5, 0.6) is 0 Å². The van der Waals surface area contributed by atoms with Gasteiger partial charge in [-0.05, 0) is 37.3 Å². The summed E-state index contributed by atoms with van der Waals surface area (Å²) < 4.78 is 5.10. The monoisotopic (exact) mass is 345 g/mol. The number of carbonyl (C=O) groups is 3. The third kappa shape index (κ3) is 5.18. The predicted molar refractivity (Wildman–Crippen MR) is 90.7 cm³/mol. The molecule has 1 atom stereocenters. The van der Waals surface area contributed by atoms with Crippen LogP contribution in [0.3, 0.4) is 0 Å². The van der Waals surface area contributed by atoms with Crippen LogP contribution >= 0.6 is 0 Å². The average molecular weight is 345 g/mol. The van der Waals surface area contributed by atoms with Crippen molar-refractivity contribution in [1.29, 1.82) is 0 Å². The molecule has 0 saturated heterocycles. The molecule has 0 radical (unpaired) electrons. The first kappa shape index (κ1) is 18.2. The Hall–Kier alpha value is -3.13. The Balaban J connectivity index is 1.92. The van der Waals surface area contributed by atoms with E-state index in [0.29, 0.717) is 11.4 Å². The molecule has 3 amide bonds. The molecular formula is C17H19N3O5. The van der Waals surface area contributed by atoms with Gasteiger partial charge in [-0.1, -0.05) is 6.07 Å². The number of nitrogens with one attached hydrogen (secondary N) is 3. The molecule has 0 aliphatic carbocycles. The van der Waals surface area contributed by atoms with E-state index in [4.69, 9.17) is 4.42 Å². The van der Waals surface area contributed by atoms with Gasteiger partial charge in [-0.15, -0.1) is 0 Å². The number of rotatable bonds is 5. The standard InChI is InChI=1S/C17H19N3O5/c1-11(21)19-12-5-3-6-13(9-12)20-16(23)15(22)18-10-17(2,24)14-7-4-8-25-14/h3-9,24H,10H2,1-2H3,(H,18,22)(H,19,21)(H,20,23). The Labute approximate surface area is 144 Å². The van der Waals surface area contributed by atoms with Gasteiger partial charge in [0.2, 0.25) is 5.91 Å². The molecule has 1 unspecified atom stereocenters. The molecule has 0 aliphatic heterocycles. The van der Waals surface area contributed by atoms with Gasteiger partial charge in [0.05, 0.1) is 12.8 Å². The van der Waals surface area contributed by atoms with E-state index >= 15 is 0 Å². The highest BCUT2D eigenvalue weighted by molar-refractivity contribution is 6.39. The van der Waals surface area contributed by atoms with E-state index in [2.05, 4.69) is 16.0 Å². The van der Waals surface area contributed by atoms with Crippen LogP contribution in [0.2, 0.25) is 0 Å². The number of carbonyl (C=O) groups excluding carboxylic acids is 3. The zero-order chi connectivity index (χ0) is 18.4. The van der Waals surface area contributed by atoms with Crippen LogP contribution in [0.4, 0.5) is 11.4 Å². The summed E-state index contributed by atoms with van der Waals surface area (Å²) in [5.41, 5.74) is -0.597. The minimum absolute atomic E-state index is 0.196. The minimum Gasteiger partial charge on any atom is -0.466 e. The smallest absolute Gasteiger partial charge is 0.313 e. The first-order valence-electron chi connectivity index (χ1n) is 7.51. The summed E-state index contributed by atoms with van der Waals surface area (Å²) in [6.45, 7) is 2.63. The minimum atomic E-state index is -1.44. The largest absolute Gasteiger partial charge is 0.466 e. The van der Waals surface area contributed by atoms with Gasteiger partial charge in [-0.2, -0.15) is 0 Å². The molecule has 0 fully saturated rings. The quantitative estimate of drug-likeness (QED) is 0.607. The van der Waals surface area contributed by atoms with Gasteiger partial charge >= 0.3 is 11.8 Å². The van der Waals surface area contributed by atoms with Crippen molar-refractivity contribution in [2.45, 2.75) is 19.4 Å². The highest BCUT2D eigenvalue weighted by atomic mass is 16.4. The molecule has 25 heavy (non-hydrogen) atoms. The van der Waals surface area contributed by atoms with E-state index in [1.165, 1.54) is 26.2 Å². The van der Waals surface area contributed by atoms with Crippen LogP contribution < -0.4 is 16.0 Å². The summed E-state index contributed by atoms with van der Waals surface area (Å²) in [6.07, 6.45) is 1.40. The van der Waals surface area contributed by atoms with Gasteiger partial charge < -0.3 is 25.5 Å². The predicted octanol–water partition coefficient (Wildman–Crippen LogP) is 1.20. The SMILES string of the molecule is CC(=O)Nc1cccc(NC(=O)C(=O)NCC(C)(O)c2ccco2)c1. The average Bonchev–Trinajstić information content (AvgIpc) is 3.07. The van der Waals surface area contributed by atoms with Crippen molar-refractivity contribution < 1.29 is 23.9 Å². The maximum atomic E-state index is 11.9. The number of amides is 3. The van der Waals surface area contributed by atoms with Crippen LogP contribution in [0.1, 0.15) is 19.6 Å². The van der Waals surface area contributed by atoms with Gasteiger partial charge in [0, 0.05) is 18.3 Å². The van der Waals surface area contributed by atoms with Gasteiger partial charge in [0.25, 0.3) is 0 Å². The number of aliphatic hydroxyl groups is 1. The number of furan rings is 1. The molecule has 132 valence electrons. The second-order valence-corrected chi connectivity index (χ2v) is 5.65. The van der Waals surface area contributed by atoms with Crippen molar-refractivity contribution in [3.8, 4) is 0 Å². The van der Waals surface area contributed by atoms with Crippen LogP contribution in [-0.2, 0) is 20.0 Å². The van der Waals surface area contributed by atoms with Crippen molar-refractivity contribution in [2.75, 3.05) is 17.2 Å². The topological polar surface area (TPSA) is 121 Å². The zero-order valence-corrected chi connectivity index (χ0v) is 13.8. The molecule has 0 spiro atoms. The Morgan fingerprint density at radius 2 is 1.76 bits per heavy atom. The van der Waals surface area contributed by atoms with Crippen molar-refractivity contribution in [3.05, 3.63) is 48.4 Å². The van der Waals surface area contributed by atoms with Crippen LogP contribution in [-0.4, -0.2) is 29.4 Å².